The molecule has 4 atom stereocenters. The van der Waals surface area contributed by atoms with Crippen LogP contribution in [0.25, 0.3) is 0 Å². The molecule has 1 N–H and O–H groups in total. The highest BCUT2D eigenvalue weighted by Gasteiger charge is 2.60. The van der Waals surface area contributed by atoms with Crippen LogP contribution in [0.1, 0.15) is 72.6 Å². The minimum Gasteiger partial charge on any atom is -0.458 e. The van der Waals surface area contributed by atoms with E-state index in [1.54, 1.807) is 6.08 Å². The molecule has 0 bridgehead atoms. The Balaban J connectivity index is 1.85. The number of rotatable bonds is 3. The lowest BCUT2D eigenvalue weighted by Crippen LogP contribution is -2.62. The Kier molecular flexibility index (Phi) is 4.15. The van der Waals surface area contributed by atoms with Gasteiger partial charge in [0.2, 0.25) is 0 Å². The Morgan fingerprint density at radius 2 is 2.00 bits per heavy atom. The van der Waals surface area contributed by atoms with E-state index in [1.807, 2.05) is 0 Å². The van der Waals surface area contributed by atoms with Gasteiger partial charge in [0, 0.05) is 6.08 Å². The van der Waals surface area contributed by atoms with Crippen molar-refractivity contribution < 1.29 is 14.6 Å². The molecule has 3 nitrogen and oxygen atoms in total. The molecule has 0 amide bonds. The lowest BCUT2D eigenvalue weighted by Gasteiger charge is -2.63. The Hall–Kier alpha value is -0.830. The summed E-state index contributed by atoms with van der Waals surface area (Å²) in [5.74, 6) is 0.670. The highest BCUT2D eigenvalue weighted by Crippen LogP contribution is 2.63. The molecule has 2 saturated carbocycles. The summed E-state index contributed by atoms with van der Waals surface area (Å²) in [4.78, 5) is 11.3. The van der Waals surface area contributed by atoms with Crippen LogP contribution in [0.4, 0.5) is 0 Å². The van der Waals surface area contributed by atoms with E-state index >= 15 is 0 Å². The SMILES string of the molecule is C[C@@H]1CC[C@H]2C(C)(C)CCC[C@]2(C)[C@@]1(O)CCC1=CC(=O)OC1. The van der Waals surface area contributed by atoms with Gasteiger partial charge < -0.3 is 9.84 Å². The fourth-order valence-corrected chi connectivity index (χ4v) is 6.01. The monoisotopic (exact) mass is 320 g/mol. The van der Waals surface area contributed by atoms with Gasteiger partial charge in [-0.1, -0.05) is 34.1 Å². The summed E-state index contributed by atoms with van der Waals surface area (Å²) in [6.07, 6.45) is 9.07. The first-order valence-electron chi connectivity index (χ1n) is 9.28. The molecule has 0 radical (unpaired) electrons. The van der Waals surface area contributed by atoms with Crippen LogP contribution in [0.2, 0.25) is 0 Å². The maximum absolute atomic E-state index is 11.8. The maximum atomic E-state index is 11.8. The van der Waals surface area contributed by atoms with Gasteiger partial charge in [-0.05, 0) is 66.8 Å². The molecule has 2 fully saturated rings. The molecule has 130 valence electrons. The Morgan fingerprint density at radius 1 is 1.26 bits per heavy atom. The third-order valence-corrected chi connectivity index (χ3v) is 7.47. The first kappa shape index (κ1) is 17.0. The van der Waals surface area contributed by atoms with Crippen molar-refractivity contribution in [3.63, 3.8) is 0 Å². The molecule has 0 aromatic heterocycles. The lowest BCUT2D eigenvalue weighted by molar-refractivity contribution is -0.211. The van der Waals surface area contributed by atoms with E-state index in [4.69, 9.17) is 4.74 Å². The Bertz CT molecular complexity index is 521. The molecule has 3 heteroatoms. The lowest BCUT2D eigenvalue weighted by atomic mass is 9.44. The number of hydrogen-bond acceptors (Lipinski definition) is 3. The molecule has 3 aliphatic rings. The second-order valence-corrected chi connectivity index (χ2v) is 9.13. The van der Waals surface area contributed by atoms with Crippen LogP contribution in [-0.4, -0.2) is 23.3 Å². The molecule has 0 spiro atoms. The minimum absolute atomic E-state index is 0.0174. The molecular weight excluding hydrogens is 288 g/mol. The van der Waals surface area contributed by atoms with Crippen LogP contribution < -0.4 is 0 Å². The number of fused-ring (bicyclic) bond motifs is 1. The largest absolute Gasteiger partial charge is 0.458 e. The Labute approximate surface area is 140 Å². The van der Waals surface area contributed by atoms with Crippen molar-refractivity contribution in [2.24, 2.45) is 22.7 Å². The fraction of sp³-hybridized carbons (Fsp3) is 0.850. The van der Waals surface area contributed by atoms with E-state index < -0.39 is 5.60 Å². The van der Waals surface area contributed by atoms with E-state index in [0.29, 0.717) is 23.9 Å². The van der Waals surface area contributed by atoms with Crippen molar-refractivity contribution in [2.45, 2.75) is 78.2 Å². The normalized spacial score (nSPS) is 42.8. The molecule has 3 rings (SSSR count). The molecule has 1 heterocycles. The summed E-state index contributed by atoms with van der Waals surface area (Å²) < 4.78 is 5.02. The van der Waals surface area contributed by atoms with E-state index in [2.05, 4.69) is 27.7 Å². The molecule has 0 aromatic rings. The smallest absolute Gasteiger partial charge is 0.331 e. The summed E-state index contributed by atoms with van der Waals surface area (Å²) in [6, 6.07) is 0. The number of ether oxygens (including phenoxy) is 1. The predicted octanol–water partition coefficient (Wildman–Crippen LogP) is 4.24. The van der Waals surface area contributed by atoms with Gasteiger partial charge in [0.05, 0.1) is 5.60 Å². The van der Waals surface area contributed by atoms with Crippen molar-refractivity contribution in [1.29, 1.82) is 0 Å². The number of hydrogen-bond donors (Lipinski definition) is 1. The summed E-state index contributed by atoms with van der Waals surface area (Å²) in [5.41, 5.74) is 0.694. The molecule has 0 unspecified atom stereocenters. The van der Waals surface area contributed by atoms with Gasteiger partial charge in [0.1, 0.15) is 6.61 Å². The fourth-order valence-electron chi connectivity index (χ4n) is 6.01. The second kappa shape index (κ2) is 5.61. The topological polar surface area (TPSA) is 46.5 Å². The maximum Gasteiger partial charge on any atom is 0.331 e. The zero-order valence-electron chi connectivity index (χ0n) is 15.2. The standard InChI is InChI=1S/C20H32O3/c1-14-6-7-16-18(2,3)9-5-10-19(16,4)20(14,22)11-8-15-12-17(21)23-13-15/h12,14,16,22H,5-11,13H2,1-4H3/t14-,16+,19+,20-/m1/s1. The van der Waals surface area contributed by atoms with Crippen LogP contribution in [-0.2, 0) is 9.53 Å². The number of cyclic esters (lactones) is 1. The van der Waals surface area contributed by atoms with Gasteiger partial charge in [-0.3, -0.25) is 0 Å². The number of carbonyl (C=O) groups is 1. The first-order valence-corrected chi connectivity index (χ1v) is 9.28. The van der Waals surface area contributed by atoms with Crippen LogP contribution in [0.15, 0.2) is 11.6 Å². The highest BCUT2D eigenvalue weighted by molar-refractivity contribution is 5.85. The zero-order chi connectivity index (χ0) is 16.9. The molecule has 23 heavy (non-hydrogen) atoms. The van der Waals surface area contributed by atoms with Crippen molar-refractivity contribution in [2.75, 3.05) is 6.61 Å². The van der Waals surface area contributed by atoms with Gasteiger partial charge >= 0.3 is 5.97 Å². The third-order valence-electron chi connectivity index (χ3n) is 7.47. The van der Waals surface area contributed by atoms with Crippen LogP contribution >= 0.6 is 0 Å². The van der Waals surface area contributed by atoms with E-state index in [9.17, 15) is 9.90 Å². The molecule has 0 saturated heterocycles. The minimum atomic E-state index is -0.639. The summed E-state index contributed by atoms with van der Waals surface area (Å²) in [7, 11) is 0. The number of carbonyl (C=O) groups excluding carboxylic acids is 1. The van der Waals surface area contributed by atoms with Gasteiger partial charge in [-0.2, -0.15) is 0 Å². The average molecular weight is 320 g/mol. The number of esters is 1. The summed E-state index contributed by atoms with van der Waals surface area (Å²) in [6.45, 7) is 9.73. The van der Waals surface area contributed by atoms with Gasteiger partial charge in [-0.15, -0.1) is 0 Å². The molecule has 0 aromatic carbocycles. The van der Waals surface area contributed by atoms with Crippen LogP contribution in [0.5, 0.6) is 0 Å². The van der Waals surface area contributed by atoms with Gasteiger partial charge in [-0.25, -0.2) is 4.79 Å². The predicted molar refractivity (Wildman–Crippen MR) is 90.9 cm³/mol. The van der Waals surface area contributed by atoms with E-state index in [-0.39, 0.29) is 11.4 Å². The Morgan fingerprint density at radius 3 is 2.65 bits per heavy atom. The van der Waals surface area contributed by atoms with E-state index in [1.165, 1.54) is 19.3 Å². The molecular formula is C20H32O3. The first-order chi connectivity index (χ1) is 10.7. The van der Waals surface area contributed by atoms with Gasteiger partial charge in [0.25, 0.3) is 0 Å². The van der Waals surface area contributed by atoms with Crippen molar-refractivity contribution in [3.8, 4) is 0 Å². The highest BCUT2D eigenvalue weighted by atomic mass is 16.5. The van der Waals surface area contributed by atoms with Crippen LogP contribution in [0, 0.1) is 22.7 Å². The van der Waals surface area contributed by atoms with Gasteiger partial charge in [0.15, 0.2) is 0 Å². The average Bonchev–Trinajstić information content (AvgIpc) is 2.87. The second-order valence-electron chi connectivity index (χ2n) is 9.13. The van der Waals surface area contributed by atoms with Crippen molar-refractivity contribution in [1.82, 2.24) is 0 Å². The number of aliphatic hydroxyl groups is 1. The molecule has 2 aliphatic carbocycles. The third kappa shape index (κ3) is 2.65. The zero-order valence-corrected chi connectivity index (χ0v) is 15.2. The molecule has 1 aliphatic heterocycles. The van der Waals surface area contributed by atoms with E-state index in [0.717, 1.165) is 31.3 Å². The van der Waals surface area contributed by atoms with Crippen molar-refractivity contribution >= 4 is 5.97 Å². The quantitative estimate of drug-likeness (QED) is 0.791. The van der Waals surface area contributed by atoms with Crippen molar-refractivity contribution in [3.05, 3.63) is 11.6 Å². The summed E-state index contributed by atoms with van der Waals surface area (Å²) in [5, 5.41) is 11.8. The van der Waals surface area contributed by atoms with Crippen LogP contribution in [0.3, 0.4) is 0 Å². The summed E-state index contributed by atoms with van der Waals surface area (Å²) >= 11 is 0.